The number of rotatable bonds is 8. The van der Waals surface area contributed by atoms with Gasteiger partial charge in [-0.05, 0) is 36.2 Å². The summed E-state index contributed by atoms with van der Waals surface area (Å²) in [6.45, 7) is 0.862. The summed E-state index contributed by atoms with van der Waals surface area (Å²) in [6.07, 6.45) is 5.46. The van der Waals surface area contributed by atoms with E-state index in [9.17, 15) is 0 Å². The third-order valence-corrected chi connectivity index (χ3v) is 5.11. The van der Waals surface area contributed by atoms with E-state index in [0.29, 0.717) is 34.3 Å². The maximum absolute atomic E-state index is 8.02. The summed E-state index contributed by atoms with van der Waals surface area (Å²) in [5.41, 5.74) is 2.31. The predicted molar refractivity (Wildman–Crippen MR) is 129 cm³/mol. The van der Waals surface area contributed by atoms with Crippen LogP contribution in [0.25, 0.3) is 11.2 Å². The van der Waals surface area contributed by atoms with E-state index in [0.717, 1.165) is 29.5 Å². The SMILES string of the molecule is N=C(Oc1ccc(CCNc2ncnc3nccnc23)cc1)SC(=[NH2+])COc1ccccc1. The number of hydrogen-bond acceptors (Lipinski definition) is 9. The highest BCUT2D eigenvalue weighted by Gasteiger charge is 2.12. The summed E-state index contributed by atoms with van der Waals surface area (Å²) in [5, 5.41) is 17.7. The molecule has 4 N–H and O–H groups in total. The molecule has 0 saturated heterocycles. The van der Waals surface area contributed by atoms with Crippen molar-refractivity contribution in [1.29, 1.82) is 5.41 Å². The summed E-state index contributed by atoms with van der Waals surface area (Å²) in [7, 11) is 0. The van der Waals surface area contributed by atoms with Crippen LogP contribution in [0.2, 0.25) is 0 Å². The Morgan fingerprint density at radius 2 is 1.73 bits per heavy atom. The molecule has 33 heavy (non-hydrogen) atoms. The second-order valence-electron chi connectivity index (χ2n) is 6.83. The third kappa shape index (κ3) is 6.47. The first kappa shape index (κ1) is 22.2. The number of nitrogens with zero attached hydrogens (tertiary/aromatic N) is 4. The van der Waals surface area contributed by atoms with E-state index < -0.39 is 0 Å². The highest BCUT2D eigenvalue weighted by molar-refractivity contribution is 8.26. The van der Waals surface area contributed by atoms with E-state index in [1.54, 1.807) is 12.4 Å². The van der Waals surface area contributed by atoms with Gasteiger partial charge >= 0.3 is 0 Å². The van der Waals surface area contributed by atoms with Gasteiger partial charge in [-0.3, -0.25) is 5.41 Å². The maximum atomic E-state index is 8.02. The average molecular weight is 461 g/mol. The molecule has 2 heterocycles. The van der Waals surface area contributed by atoms with Crippen molar-refractivity contribution in [1.82, 2.24) is 19.9 Å². The minimum atomic E-state index is -0.0182. The van der Waals surface area contributed by atoms with Gasteiger partial charge in [0, 0.05) is 30.7 Å². The Morgan fingerprint density at radius 3 is 2.55 bits per heavy atom. The standard InChI is InChI=1S/C23H21N7O2S/c24-19(14-31-17-4-2-1-3-5-17)33-23(25)32-18-8-6-16(7-9-18)10-11-27-21-20-22(30-15-29-21)28-13-12-26-20/h1-9,12-13,15,24-25H,10-11,14H2,(H,27,28,29,30)/p+1. The second-order valence-corrected chi connectivity index (χ2v) is 7.93. The average Bonchev–Trinajstić information content (AvgIpc) is 2.84. The molecule has 0 fully saturated rings. The van der Waals surface area contributed by atoms with Crippen molar-refractivity contribution in [2.24, 2.45) is 0 Å². The topological polar surface area (TPSA) is 131 Å². The molecule has 0 bridgehead atoms. The second kappa shape index (κ2) is 11.0. The zero-order valence-corrected chi connectivity index (χ0v) is 18.5. The third-order valence-electron chi connectivity index (χ3n) is 4.46. The van der Waals surface area contributed by atoms with Crippen molar-refractivity contribution >= 4 is 39.0 Å². The Labute approximate surface area is 194 Å². The van der Waals surface area contributed by atoms with Crippen LogP contribution in [0.4, 0.5) is 5.82 Å². The Bertz CT molecular complexity index is 1230. The van der Waals surface area contributed by atoms with Gasteiger partial charge in [0.05, 0.1) is 0 Å². The van der Waals surface area contributed by atoms with E-state index >= 15 is 0 Å². The first-order valence-corrected chi connectivity index (χ1v) is 11.0. The lowest BCUT2D eigenvalue weighted by atomic mass is 10.1. The van der Waals surface area contributed by atoms with Crippen LogP contribution in [0.1, 0.15) is 5.56 Å². The molecule has 10 heteroatoms. The fourth-order valence-electron chi connectivity index (χ4n) is 2.92. The monoisotopic (exact) mass is 460 g/mol. The molecule has 0 aliphatic heterocycles. The number of hydrogen-bond donors (Lipinski definition) is 3. The summed E-state index contributed by atoms with van der Waals surface area (Å²) >= 11 is 1.03. The van der Waals surface area contributed by atoms with Gasteiger partial charge in [0.15, 0.2) is 18.1 Å². The highest BCUT2D eigenvalue weighted by Crippen LogP contribution is 2.17. The van der Waals surface area contributed by atoms with Gasteiger partial charge in [0.25, 0.3) is 10.3 Å². The van der Waals surface area contributed by atoms with E-state index in [4.69, 9.17) is 20.3 Å². The summed E-state index contributed by atoms with van der Waals surface area (Å²) in [4.78, 5) is 16.8. The number of aromatic nitrogens is 4. The minimum absolute atomic E-state index is 0.0182. The molecule has 0 atom stereocenters. The summed E-state index contributed by atoms with van der Waals surface area (Å²) in [5.74, 6) is 1.95. The maximum Gasteiger partial charge on any atom is 0.258 e. The van der Waals surface area contributed by atoms with Crippen molar-refractivity contribution in [2.75, 3.05) is 18.5 Å². The smallest absolute Gasteiger partial charge is 0.258 e. The molecule has 9 nitrogen and oxygen atoms in total. The first-order valence-electron chi connectivity index (χ1n) is 10.2. The number of ether oxygens (including phenoxy) is 2. The zero-order valence-electron chi connectivity index (χ0n) is 17.6. The molecular formula is C23H22N7O2S+. The van der Waals surface area contributed by atoms with Crippen LogP contribution in [0, 0.1) is 5.41 Å². The Kier molecular flexibility index (Phi) is 7.39. The van der Waals surface area contributed by atoms with E-state index in [1.807, 2.05) is 54.6 Å². The molecule has 166 valence electrons. The lowest BCUT2D eigenvalue weighted by Crippen LogP contribution is -2.42. The molecule has 0 amide bonds. The molecule has 0 aliphatic rings. The normalized spacial score (nSPS) is 10.5. The van der Waals surface area contributed by atoms with Crippen LogP contribution in [-0.2, 0) is 6.42 Å². The van der Waals surface area contributed by atoms with Crippen LogP contribution in [0.5, 0.6) is 11.5 Å². The van der Waals surface area contributed by atoms with Gasteiger partial charge in [-0.15, -0.1) is 0 Å². The molecule has 0 saturated carbocycles. The van der Waals surface area contributed by atoms with Crippen molar-refractivity contribution in [2.45, 2.75) is 6.42 Å². The van der Waals surface area contributed by atoms with Crippen LogP contribution >= 0.6 is 11.8 Å². The lowest BCUT2D eigenvalue weighted by molar-refractivity contribution is -0.112. The van der Waals surface area contributed by atoms with Crippen LogP contribution < -0.4 is 20.2 Å². The van der Waals surface area contributed by atoms with Crippen molar-refractivity contribution in [3.63, 3.8) is 0 Å². The quantitative estimate of drug-likeness (QED) is 0.270. The van der Waals surface area contributed by atoms with Crippen molar-refractivity contribution in [3.05, 3.63) is 78.9 Å². The van der Waals surface area contributed by atoms with Crippen molar-refractivity contribution in [3.8, 4) is 11.5 Å². The van der Waals surface area contributed by atoms with Crippen LogP contribution in [-0.4, -0.2) is 43.4 Å². The fourth-order valence-corrected chi connectivity index (χ4v) is 3.41. The molecule has 0 spiro atoms. The van der Waals surface area contributed by atoms with Gasteiger partial charge in [0.1, 0.15) is 23.3 Å². The largest absolute Gasteiger partial charge is 0.482 e. The van der Waals surface area contributed by atoms with E-state index in [2.05, 4.69) is 25.3 Å². The Balaban J connectivity index is 1.21. The van der Waals surface area contributed by atoms with Gasteiger partial charge in [-0.25, -0.2) is 25.3 Å². The molecular weight excluding hydrogens is 438 g/mol. The molecule has 2 aromatic heterocycles. The number of nitrogens with one attached hydrogen (secondary N) is 2. The van der Waals surface area contributed by atoms with Gasteiger partial charge < -0.3 is 14.8 Å². The molecule has 4 rings (SSSR count). The lowest BCUT2D eigenvalue weighted by Gasteiger charge is -2.09. The summed E-state index contributed by atoms with van der Waals surface area (Å²) < 4.78 is 11.1. The van der Waals surface area contributed by atoms with Gasteiger partial charge in [-0.1, -0.05) is 30.3 Å². The number of anilines is 1. The molecule has 4 aromatic rings. The number of thioether (sulfide) groups is 1. The molecule has 0 radical (unpaired) electrons. The van der Waals surface area contributed by atoms with Gasteiger partial charge in [-0.2, -0.15) is 0 Å². The van der Waals surface area contributed by atoms with E-state index in [-0.39, 0.29) is 11.8 Å². The van der Waals surface area contributed by atoms with Gasteiger partial charge in [0.2, 0.25) is 0 Å². The number of benzene rings is 2. The van der Waals surface area contributed by atoms with Crippen LogP contribution in [0.15, 0.2) is 73.3 Å². The summed E-state index contributed by atoms with van der Waals surface area (Å²) in [6, 6.07) is 16.9. The molecule has 0 aliphatic carbocycles. The number of fused-ring (bicyclic) bond motifs is 1. The molecule has 2 aromatic carbocycles. The minimum Gasteiger partial charge on any atom is -0.482 e. The number of nitrogens with two attached hydrogens (primary N) is 1. The number of para-hydroxylation sites is 1. The molecule has 0 unspecified atom stereocenters. The zero-order chi connectivity index (χ0) is 22.9. The highest BCUT2D eigenvalue weighted by atomic mass is 32.2. The Hall–Kier alpha value is -4.05. The van der Waals surface area contributed by atoms with Crippen molar-refractivity contribution < 1.29 is 14.9 Å². The van der Waals surface area contributed by atoms with E-state index in [1.165, 1.54) is 6.33 Å². The van der Waals surface area contributed by atoms with Crippen LogP contribution in [0.3, 0.4) is 0 Å². The fraction of sp³-hybridized carbons (Fsp3) is 0.130. The Morgan fingerprint density at radius 1 is 0.939 bits per heavy atom. The first-order chi connectivity index (χ1) is 16.2. The predicted octanol–water partition coefficient (Wildman–Crippen LogP) is 2.36.